The van der Waals surface area contributed by atoms with E-state index in [2.05, 4.69) is 36.3 Å². The summed E-state index contributed by atoms with van der Waals surface area (Å²) in [5, 5.41) is 27.3. The molecule has 0 saturated carbocycles. The van der Waals surface area contributed by atoms with E-state index in [1.54, 1.807) is 0 Å². The summed E-state index contributed by atoms with van der Waals surface area (Å²) in [5.41, 5.74) is -0.805. The lowest BCUT2D eigenvalue weighted by Gasteiger charge is -2.25. The van der Waals surface area contributed by atoms with E-state index < -0.39 is 5.41 Å². The van der Waals surface area contributed by atoms with Gasteiger partial charge in [0.05, 0.1) is 5.41 Å². The molecule has 0 aliphatic carbocycles. The number of hydrogen-bond acceptors (Lipinski definition) is 9. The molecule has 0 bridgehead atoms. The van der Waals surface area contributed by atoms with E-state index in [4.69, 9.17) is 0 Å². The number of rotatable bonds is 7. The monoisotopic (exact) mass is 395 g/mol. The van der Waals surface area contributed by atoms with E-state index in [9.17, 15) is 9.59 Å². The van der Waals surface area contributed by atoms with Crippen molar-refractivity contribution >= 4 is 44.8 Å². The van der Waals surface area contributed by atoms with Crippen LogP contribution in [0.15, 0.2) is 0 Å². The normalized spacial score (nSPS) is 19.5. The maximum absolute atomic E-state index is 12.9. The van der Waals surface area contributed by atoms with Crippen LogP contribution in [0, 0.1) is 5.41 Å². The first-order valence-corrected chi connectivity index (χ1v) is 10.1. The van der Waals surface area contributed by atoms with E-state index in [1.165, 1.54) is 22.7 Å². The molecule has 3 N–H and O–H groups in total. The number of nitrogens with one attached hydrogen (secondary N) is 3. The third kappa shape index (κ3) is 4.22. The van der Waals surface area contributed by atoms with E-state index in [1.807, 2.05) is 13.8 Å². The first-order chi connectivity index (χ1) is 12.5. The number of carbonyl (C=O) groups is 2. The largest absolute Gasteiger partial charge is 0.316 e. The third-order valence-corrected chi connectivity index (χ3v) is 6.20. The Morgan fingerprint density at radius 2 is 1.65 bits per heavy atom. The fraction of sp³-hybridized carbons (Fsp3) is 0.600. The van der Waals surface area contributed by atoms with Crippen LogP contribution in [0.25, 0.3) is 0 Å². The quantitative estimate of drug-likeness (QED) is 0.649. The minimum absolute atomic E-state index is 0.0757. The zero-order valence-electron chi connectivity index (χ0n) is 14.7. The van der Waals surface area contributed by atoms with Crippen molar-refractivity contribution in [1.82, 2.24) is 25.7 Å². The molecule has 0 radical (unpaired) electrons. The van der Waals surface area contributed by atoms with Gasteiger partial charge in [0.1, 0.15) is 10.0 Å². The van der Waals surface area contributed by atoms with Crippen molar-refractivity contribution in [3.63, 3.8) is 0 Å². The summed E-state index contributed by atoms with van der Waals surface area (Å²) in [4.78, 5) is 25.3. The molecule has 1 aliphatic rings. The third-order valence-electron chi connectivity index (χ3n) is 4.23. The smallest absolute Gasteiger partial charge is 0.234 e. The van der Waals surface area contributed by atoms with Crippen LogP contribution in [-0.2, 0) is 22.4 Å². The molecule has 2 aromatic heterocycles. The van der Waals surface area contributed by atoms with Crippen molar-refractivity contribution in [2.45, 2.75) is 39.5 Å². The molecule has 9 nitrogen and oxygen atoms in total. The fourth-order valence-corrected chi connectivity index (χ4v) is 4.13. The Labute approximate surface area is 159 Å². The number of amides is 2. The first kappa shape index (κ1) is 18.8. The standard InChI is InChI=1S/C15H21N7O2S2/c1-3-10-19-21-13(25-10)17-9(23)7-15(5-6-16-8-15)12(24)18-14-22-20-11(4-2)26-14/h16H,3-8H2,1-2H3,(H,17,21,23)(H,18,22,24). The summed E-state index contributed by atoms with van der Waals surface area (Å²) >= 11 is 2.70. The van der Waals surface area contributed by atoms with E-state index in [0.717, 1.165) is 22.9 Å². The molecule has 26 heavy (non-hydrogen) atoms. The average molecular weight is 396 g/mol. The summed E-state index contributed by atoms with van der Waals surface area (Å²) in [6.07, 6.45) is 2.20. The Kier molecular flexibility index (Phi) is 5.89. The lowest BCUT2D eigenvalue weighted by atomic mass is 9.82. The van der Waals surface area contributed by atoms with Crippen LogP contribution in [0.4, 0.5) is 10.3 Å². The van der Waals surface area contributed by atoms with Gasteiger partial charge in [-0.25, -0.2) is 0 Å². The van der Waals surface area contributed by atoms with Gasteiger partial charge in [-0.2, -0.15) is 0 Å². The van der Waals surface area contributed by atoms with Crippen LogP contribution < -0.4 is 16.0 Å². The summed E-state index contributed by atoms with van der Waals surface area (Å²) < 4.78 is 0. The van der Waals surface area contributed by atoms with Crippen LogP contribution in [-0.4, -0.2) is 45.3 Å². The SMILES string of the molecule is CCc1nnc(NC(=O)CC2(C(=O)Nc3nnc(CC)s3)CCNC2)s1. The van der Waals surface area contributed by atoms with Gasteiger partial charge in [-0.3, -0.25) is 14.9 Å². The van der Waals surface area contributed by atoms with Crippen LogP contribution in [0.5, 0.6) is 0 Å². The Hall–Kier alpha value is -1.98. The molecular formula is C15H21N7O2S2. The molecule has 1 saturated heterocycles. The van der Waals surface area contributed by atoms with Crippen molar-refractivity contribution in [2.75, 3.05) is 23.7 Å². The van der Waals surface area contributed by atoms with Crippen LogP contribution in [0.2, 0.25) is 0 Å². The van der Waals surface area contributed by atoms with Crippen molar-refractivity contribution < 1.29 is 9.59 Å². The predicted molar refractivity (Wildman–Crippen MR) is 100 cm³/mol. The van der Waals surface area contributed by atoms with Gasteiger partial charge in [0, 0.05) is 13.0 Å². The first-order valence-electron chi connectivity index (χ1n) is 8.51. The highest BCUT2D eigenvalue weighted by Gasteiger charge is 2.43. The van der Waals surface area contributed by atoms with Gasteiger partial charge in [0.2, 0.25) is 22.1 Å². The minimum atomic E-state index is -0.805. The number of hydrogen-bond donors (Lipinski definition) is 3. The Morgan fingerprint density at radius 1 is 1.04 bits per heavy atom. The molecular weight excluding hydrogens is 374 g/mol. The van der Waals surface area contributed by atoms with Gasteiger partial charge in [-0.05, 0) is 25.8 Å². The van der Waals surface area contributed by atoms with Crippen LogP contribution >= 0.6 is 22.7 Å². The Bertz CT molecular complexity index is 783. The van der Waals surface area contributed by atoms with Gasteiger partial charge in [-0.1, -0.05) is 36.5 Å². The number of carbonyl (C=O) groups excluding carboxylic acids is 2. The molecule has 0 spiro atoms. The summed E-state index contributed by atoms with van der Waals surface area (Å²) in [6.45, 7) is 5.10. The van der Waals surface area contributed by atoms with Crippen molar-refractivity contribution in [3.05, 3.63) is 10.0 Å². The Morgan fingerprint density at radius 3 is 2.15 bits per heavy atom. The molecule has 1 atom stereocenters. The minimum Gasteiger partial charge on any atom is -0.316 e. The van der Waals surface area contributed by atoms with Gasteiger partial charge in [-0.15, -0.1) is 20.4 Å². The van der Waals surface area contributed by atoms with E-state index in [0.29, 0.717) is 29.8 Å². The fourth-order valence-electron chi connectivity index (χ4n) is 2.76. The summed E-state index contributed by atoms with van der Waals surface area (Å²) in [6, 6.07) is 0. The molecule has 2 amide bonds. The highest BCUT2D eigenvalue weighted by Crippen LogP contribution is 2.32. The Balaban J connectivity index is 1.66. The highest BCUT2D eigenvalue weighted by atomic mass is 32.1. The highest BCUT2D eigenvalue weighted by molar-refractivity contribution is 7.15. The van der Waals surface area contributed by atoms with Crippen molar-refractivity contribution in [2.24, 2.45) is 5.41 Å². The zero-order chi connectivity index (χ0) is 18.6. The van der Waals surface area contributed by atoms with Crippen LogP contribution in [0.1, 0.15) is 36.7 Å². The maximum Gasteiger partial charge on any atom is 0.234 e. The van der Waals surface area contributed by atoms with E-state index >= 15 is 0 Å². The van der Waals surface area contributed by atoms with E-state index in [-0.39, 0.29) is 18.2 Å². The van der Waals surface area contributed by atoms with Crippen molar-refractivity contribution in [3.8, 4) is 0 Å². The predicted octanol–water partition coefficient (Wildman–Crippen LogP) is 1.46. The maximum atomic E-state index is 12.9. The second-order valence-electron chi connectivity index (χ2n) is 6.10. The lowest BCUT2D eigenvalue weighted by molar-refractivity contribution is -0.129. The molecule has 2 aromatic rings. The second kappa shape index (κ2) is 8.14. The summed E-state index contributed by atoms with van der Waals surface area (Å²) in [5.74, 6) is -0.447. The number of aromatic nitrogens is 4. The van der Waals surface area contributed by atoms with Gasteiger partial charge >= 0.3 is 0 Å². The molecule has 1 fully saturated rings. The molecule has 11 heteroatoms. The molecule has 3 heterocycles. The molecule has 140 valence electrons. The number of anilines is 2. The molecule has 1 unspecified atom stereocenters. The molecule has 0 aromatic carbocycles. The van der Waals surface area contributed by atoms with Gasteiger partial charge < -0.3 is 10.6 Å². The lowest BCUT2D eigenvalue weighted by Crippen LogP contribution is -2.41. The summed E-state index contributed by atoms with van der Waals surface area (Å²) in [7, 11) is 0. The zero-order valence-corrected chi connectivity index (χ0v) is 16.3. The van der Waals surface area contributed by atoms with Gasteiger partial charge in [0.15, 0.2) is 0 Å². The molecule has 1 aliphatic heterocycles. The number of nitrogens with zero attached hydrogens (tertiary/aromatic N) is 4. The molecule has 3 rings (SSSR count). The second-order valence-corrected chi connectivity index (χ2v) is 8.22. The van der Waals surface area contributed by atoms with Crippen LogP contribution in [0.3, 0.4) is 0 Å². The average Bonchev–Trinajstić information content (AvgIpc) is 3.36. The van der Waals surface area contributed by atoms with Crippen molar-refractivity contribution in [1.29, 1.82) is 0 Å². The van der Waals surface area contributed by atoms with Gasteiger partial charge in [0.25, 0.3) is 0 Å². The topological polar surface area (TPSA) is 122 Å². The number of aryl methyl sites for hydroxylation is 2.